The van der Waals surface area contributed by atoms with Crippen molar-refractivity contribution in [3.8, 4) is 0 Å². The summed E-state index contributed by atoms with van der Waals surface area (Å²) < 4.78 is 0. The molecule has 0 aromatic carbocycles. The standard InChI is InChI=1S/C11H21NO/c1-9-6-11(7-9,8-13)12-10-4-2-3-5-10/h9-10,12-13H,2-8H2,1H3. The largest absolute Gasteiger partial charge is 0.394 e. The van der Waals surface area contributed by atoms with Gasteiger partial charge in [0.1, 0.15) is 0 Å². The Hall–Kier alpha value is -0.0800. The first-order valence-corrected chi connectivity index (χ1v) is 5.63. The lowest BCUT2D eigenvalue weighted by atomic mass is 9.69. The Labute approximate surface area is 80.7 Å². The number of hydrogen-bond donors (Lipinski definition) is 2. The molecular weight excluding hydrogens is 162 g/mol. The minimum atomic E-state index is 0.106. The van der Waals surface area contributed by atoms with E-state index in [1.807, 2.05) is 0 Å². The molecule has 0 heterocycles. The highest BCUT2D eigenvalue weighted by molar-refractivity contribution is 5.01. The van der Waals surface area contributed by atoms with Gasteiger partial charge in [0.2, 0.25) is 0 Å². The van der Waals surface area contributed by atoms with Crippen LogP contribution in [0.25, 0.3) is 0 Å². The SMILES string of the molecule is CC1CC(CO)(NC2CCCC2)C1. The van der Waals surface area contributed by atoms with Crippen LogP contribution in [0.4, 0.5) is 0 Å². The molecular formula is C11H21NO. The Morgan fingerprint density at radius 1 is 1.31 bits per heavy atom. The molecule has 0 radical (unpaired) electrons. The van der Waals surface area contributed by atoms with Gasteiger partial charge in [0.15, 0.2) is 0 Å². The maximum absolute atomic E-state index is 9.35. The fraction of sp³-hybridized carbons (Fsp3) is 1.00. The van der Waals surface area contributed by atoms with E-state index < -0.39 is 0 Å². The molecule has 76 valence electrons. The first-order chi connectivity index (χ1) is 6.24. The van der Waals surface area contributed by atoms with Gasteiger partial charge in [0.05, 0.1) is 6.61 Å². The topological polar surface area (TPSA) is 32.3 Å². The number of nitrogens with one attached hydrogen (secondary N) is 1. The zero-order valence-corrected chi connectivity index (χ0v) is 8.55. The zero-order chi connectivity index (χ0) is 9.31. The fourth-order valence-corrected chi connectivity index (χ4v) is 3.07. The van der Waals surface area contributed by atoms with E-state index in [0.717, 1.165) is 5.92 Å². The second-order valence-electron chi connectivity index (χ2n) is 5.08. The van der Waals surface area contributed by atoms with Gasteiger partial charge in [0, 0.05) is 11.6 Å². The van der Waals surface area contributed by atoms with Gasteiger partial charge in [-0.05, 0) is 31.6 Å². The highest BCUT2D eigenvalue weighted by Crippen LogP contribution is 2.38. The maximum Gasteiger partial charge on any atom is 0.0613 e. The molecule has 2 N–H and O–H groups in total. The second-order valence-corrected chi connectivity index (χ2v) is 5.08. The Morgan fingerprint density at radius 3 is 2.38 bits per heavy atom. The van der Waals surface area contributed by atoms with Crippen molar-refractivity contribution in [3.05, 3.63) is 0 Å². The van der Waals surface area contributed by atoms with Crippen LogP contribution >= 0.6 is 0 Å². The monoisotopic (exact) mass is 183 g/mol. The third kappa shape index (κ3) is 1.89. The zero-order valence-electron chi connectivity index (χ0n) is 8.55. The second kappa shape index (κ2) is 3.58. The van der Waals surface area contributed by atoms with Gasteiger partial charge in [-0.2, -0.15) is 0 Å². The summed E-state index contributed by atoms with van der Waals surface area (Å²) in [4.78, 5) is 0. The number of aliphatic hydroxyl groups is 1. The molecule has 2 aliphatic rings. The average Bonchev–Trinajstić information content (AvgIpc) is 2.53. The third-order valence-corrected chi connectivity index (χ3v) is 3.65. The molecule has 2 nitrogen and oxygen atoms in total. The minimum absolute atomic E-state index is 0.106. The normalized spacial score (nSPS) is 40.6. The van der Waals surface area contributed by atoms with Crippen LogP contribution in [0.5, 0.6) is 0 Å². The van der Waals surface area contributed by atoms with Crippen LogP contribution in [-0.2, 0) is 0 Å². The lowest BCUT2D eigenvalue weighted by Gasteiger charge is -2.47. The van der Waals surface area contributed by atoms with Gasteiger partial charge in [-0.3, -0.25) is 0 Å². The Morgan fingerprint density at radius 2 is 1.92 bits per heavy atom. The maximum atomic E-state index is 9.35. The molecule has 0 atom stereocenters. The molecule has 13 heavy (non-hydrogen) atoms. The summed E-state index contributed by atoms with van der Waals surface area (Å²) in [6.45, 7) is 2.60. The third-order valence-electron chi connectivity index (χ3n) is 3.65. The van der Waals surface area contributed by atoms with Gasteiger partial charge >= 0.3 is 0 Å². The molecule has 0 saturated heterocycles. The van der Waals surface area contributed by atoms with Crippen LogP contribution in [0.1, 0.15) is 45.4 Å². The summed E-state index contributed by atoms with van der Waals surface area (Å²) >= 11 is 0. The van der Waals surface area contributed by atoms with Crippen LogP contribution in [0, 0.1) is 5.92 Å². The van der Waals surface area contributed by atoms with Crippen LogP contribution < -0.4 is 5.32 Å². The molecule has 2 heteroatoms. The van der Waals surface area contributed by atoms with Crippen molar-refractivity contribution in [1.82, 2.24) is 5.32 Å². The van der Waals surface area contributed by atoms with Crippen LogP contribution in [0.2, 0.25) is 0 Å². The van der Waals surface area contributed by atoms with Crippen LogP contribution in [-0.4, -0.2) is 23.3 Å². The molecule has 0 aliphatic heterocycles. The summed E-state index contributed by atoms with van der Waals surface area (Å²) in [6.07, 6.45) is 7.70. The lowest BCUT2D eigenvalue weighted by Crippen LogP contribution is -2.59. The highest BCUT2D eigenvalue weighted by atomic mass is 16.3. The summed E-state index contributed by atoms with van der Waals surface area (Å²) in [6, 6.07) is 0.694. The fourth-order valence-electron chi connectivity index (χ4n) is 3.07. The summed E-state index contributed by atoms with van der Waals surface area (Å²) in [7, 11) is 0. The molecule has 2 saturated carbocycles. The van der Waals surface area contributed by atoms with Gasteiger partial charge in [0.25, 0.3) is 0 Å². The van der Waals surface area contributed by atoms with Crippen molar-refractivity contribution in [1.29, 1.82) is 0 Å². The highest BCUT2D eigenvalue weighted by Gasteiger charge is 2.42. The van der Waals surface area contributed by atoms with E-state index in [0.29, 0.717) is 12.6 Å². The van der Waals surface area contributed by atoms with Crippen molar-refractivity contribution in [2.75, 3.05) is 6.61 Å². The Kier molecular flexibility index (Phi) is 2.61. The molecule has 2 fully saturated rings. The van der Waals surface area contributed by atoms with Crippen molar-refractivity contribution in [2.24, 2.45) is 5.92 Å². The van der Waals surface area contributed by atoms with Crippen LogP contribution in [0.15, 0.2) is 0 Å². The summed E-state index contributed by atoms with van der Waals surface area (Å²) in [5.41, 5.74) is 0.106. The lowest BCUT2D eigenvalue weighted by molar-refractivity contribution is 0.0376. The minimum Gasteiger partial charge on any atom is -0.394 e. The smallest absolute Gasteiger partial charge is 0.0613 e. The number of hydrogen-bond acceptors (Lipinski definition) is 2. The van der Waals surface area contributed by atoms with E-state index >= 15 is 0 Å². The van der Waals surface area contributed by atoms with Crippen molar-refractivity contribution in [2.45, 2.75) is 57.0 Å². The van der Waals surface area contributed by atoms with Gasteiger partial charge in [-0.25, -0.2) is 0 Å². The average molecular weight is 183 g/mol. The molecule has 0 bridgehead atoms. The van der Waals surface area contributed by atoms with Crippen molar-refractivity contribution in [3.63, 3.8) is 0 Å². The Bertz CT molecular complexity index is 169. The van der Waals surface area contributed by atoms with E-state index in [2.05, 4.69) is 12.2 Å². The quantitative estimate of drug-likeness (QED) is 0.697. The summed E-state index contributed by atoms with van der Waals surface area (Å²) in [5, 5.41) is 13.0. The van der Waals surface area contributed by atoms with Crippen molar-refractivity contribution < 1.29 is 5.11 Å². The molecule has 2 aliphatic carbocycles. The van der Waals surface area contributed by atoms with E-state index in [1.165, 1.54) is 38.5 Å². The molecule has 0 aromatic rings. The molecule has 0 amide bonds. The van der Waals surface area contributed by atoms with E-state index in [4.69, 9.17) is 0 Å². The van der Waals surface area contributed by atoms with E-state index in [-0.39, 0.29) is 5.54 Å². The number of aliphatic hydroxyl groups excluding tert-OH is 1. The van der Waals surface area contributed by atoms with Crippen molar-refractivity contribution >= 4 is 0 Å². The predicted molar refractivity (Wildman–Crippen MR) is 53.6 cm³/mol. The van der Waals surface area contributed by atoms with Gasteiger partial charge in [-0.15, -0.1) is 0 Å². The van der Waals surface area contributed by atoms with Crippen LogP contribution in [0.3, 0.4) is 0 Å². The first kappa shape index (κ1) is 9.47. The molecule has 0 spiro atoms. The van der Waals surface area contributed by atoms with E-state index in [9.17, 15) is 5.11 Å². The molecule has 0 aromatic heterocycles. The van der Waals surface area contributed by atoms with Gasteiger partial charge in [-0.1, -0.05) is 19.8 Å². The van der Waals surface area contributed by atoms with E-state index in [1.54, 1.807) is 0 Å². The predicted octanol–water partition coefficient (Wildman–Crippen LogP) is 1.68. The first-order valence-electron chi connectivity index (χ1n) is 5.63. The summed E-state index contributed by atoms with van der Waals surface area (Å²) in [5.74, 6) is 0.807. The van der Waals surface area contributed by atoms with Gasteiger partial charge < -0.3 is 10.4 Å². The Balaban J connectivity index is 1.84. The number of rotatable bonds is 3. The molecule has 2 rings (SSSR count). The molecule has 0 unspecified atom stereocenters.